The van der Waals surface area contributed by atoms with Gasteiger partial charge in [-0.15, -0.1) is 0 Å². The molecule has 0 unspecified atom stereocenters. The summed E-state index contributed by atoms with van der Waals surface area (Å²) >= 11 is 17.6. The molecule has 1 N–H and O–H groups in total. The second-order valence-electron chi connectivity index (χ2n) is 4.60. The highest BCUT2D eigenvalue weighted by Gasteiger charge is 2.11. The molecule has 0 fully saturated rings. The molecule has 0 radical (unpaired) electrons. The van der Waals surface area contributed by atoms with Crippen LogP contribution in [0.3, 0.4) is 0 Å². The minimum Gasteiger partial charge on any atom is -0.325 e. The van der Waals surface area contributed by atoms with E-state index in [0.29, 0.717) is 26.3 Å². The molecule has 0 aliphatic carbocycles. The zero-order valence-corrected chi connectivity index (χ0v) is 13.7. The van der Waals surface area contributed by atoms with E-state index in [-0.39, 0.29) is 24.5 Å². The van der Waals surface area contributed by atoms with E-state index in [1.165, 1.54) is 0 Å². The van der Waals surface area contributed by atoms with Crippen LogP contribution in [0.2, 0.25) is 15.1 Å². The number of carbonyl (C=O) groups is 2. The van der Waals surface area contributed by atoms with Gasteiger partial charge >= 0.3 is 0 Å². The summed E-state index contributed by atoms with van der Waals surface area (Å²) in [4.78, 5) is 23.8. The zero-order valence-electron chi connectivity index (χ0n) is 11.4. The van der Waals surface area contributed by atoms with Crippen molar-refractivity contribution in [1.82, 2.24) is 0 Å². The average molecular weight is 357 g/mol. The number of Topliss-reactive ketones (excluding diaryl/α,β-unsaturated/α-hetero) is 1. The maximum atomic E-state index is 12.0. The number of rotatable bonds is 5. The van der Waals surface area contributed by atoms with Crippen LogP contribution in [0.25, 0.3) is 0 Å². The molecule has 1 amide bonds. The molecular weight excluding hydrogens is 345 g/mol. The molecule has 6 heteroatoms. The van der Waals surface area contributed by atoms with Crippen molar-refractivity contribution in [2.24, 2.45) is 0 Å². The van der Waals surface area contributed by atoms with E-state index in [4.69, 9.17) is 34.8 Å². The molecule has 2 rings (SSSR count). The molecule has 0 aromatic heterocycles. The van der Waals surface area contributed by atoms with Crippen molar-refractivity contribution >= 4 is 52.2 Å². The molecule has 0 aliphatic rings. The molecule has 3 nitrogen and oxygen atoms in total. The number of anilines is 1. The van der Waals surface area contributed by atoms with Crippen LogP contribution in [0.4, 0.5) is 5.69 Å². The Bertz CT molecular complexity index is 699. The Morgan fingerprint density at radius 3 is 2.18 bits per heavy atom. The molecule has 0 heterocycles. The third-order valence-corrected chi connectivity index (χ3v) is 3.76. The monoisotopic (exact) mass is 355 g/mol. The average Bonchev–Trinajstić information content (AvgIpc) is 2.49. The summed E-state index contributed by atoms with van der Waals surface area (Å²) in [6.07, 6.45) is 0.163. The lowest BCUT2D eigenvalue weighted by Crippen LogP contribution is -2.13. The van der Waals surface area contributed by atoms with Gasteiger partial charge in [-0.2, -0.15) is 0 Å². The van der Waals surface area contributed by atoms with Gasteiger partial charge in [0, 0.05) is 28.5 Å². The van der Waals surface area contributed by atoms with Gasteiger partial charge in [-0.05, 0) is 42.5 Å². The molecule has 0 aliphatic heterocycles. The molecule has 0 bridgehead atoms. The summed E-state index contributed by atoms with van der Waals surface area (Å²) in [6.45, 7) is 0. The van der Waals surface area contributed by atoms with Gasteiger partial charge in [-0.25, -0.2) is 0 Å². The summed E-state index contributed by atoms with van der Waals surface area (Å²) in [5.41, 5.74) is 0.955. The van der Waals surface area contributed by atoms with Crippen LogP contribution >= 0.6 is 34.8 Å². The lowest BCUT2D eigenvalue weighted by molar-refractivity contribution is -0.116. The van der Waals surface area contributed by atoms with E-state index in [1.807, 2.05) is 0 Å². The number of amides is 1. The van der Waals surface area contributed by atoms with Gasteiger partial charge in [-0.3, -0.25) is 9.59 Å². The second kappa shape index (κ2) is 7.63. The van der Waals surface area contributed by atoms with E-state index in [0.717, 1.165) is 0 Å². The van der Waals surface area contributed by atoms with Crippen LogP contribution in [0.5, 0.6) is 0 Å². The first-order chi connectivity index (χ1) is 10.5. The number of halogens is 3. The van der Waals surface area contributed by atoms with E-state index < -0.39 is 0 Å². The largest absolute Gasteiger partial charge is 0.325 e. The molecule has 0 atom stereocenters. The van der Waals surface area contributed by atoms with Crippen LogP contribution in [0.15, 0.2) is 42.5 Å². The van der Waals surface area contributed by atoms with Gasteiger partial charge in [0.2, 0.25) is 5.91 Å². The third-order valence-electron chi connectivity index (χ3n) is 2.95. The van der Waals surface area contributed by atoms with Crippen molar-refractivity contribution in [3.05, 3.63) is 63.1 Å². The Hall–Kier alpha value is -1.55. The molecule has 0 spiro atoms. The van der Waals surface area contributed by atoms with Crippen molar-refractivity contribution in [3.8, 4) is 0 Å². The van der Waals surface area contributed by atoms with Crippen LogP contribution in [0.1, 0.15) is 23.2 Å². The summed E-state index contributed by atoms with van der Waals surface area (Å²) < 4.78 is 0. The minimum absolute atomic E-state index is 0.0598. The lowest BCUT2D eigenvalue weighted by Gasteiger charge is -2.07. The highest BCUT2D eigenvalue weighted by molar-refractivity contribution is 6.35. The van der Waals surface area contributed by atoms with Gasteiger partial charge in [-0.1, -0.05) is 34.8 Å². The van der Waals surface area contributed by atoms with Gasteiger partial charge in [0.25, 0.3) is 0 Å². The fraction of sp³-hybridized carbons (Fsp3) is 0.125. The number of benzene rings is 2. The molecule has 22 heavy (non-hydrogen) atoms. The van der Waals surface area contributed by atoms with Crippen molar-refractivity contribution in [2.45, 2.75) is 12.8 Å². The summed E-state index contributed by atoms with van der Waals surface area (Å²) in [7, 11) is 0. The van der Waals surface area contributed by atoms with Crippen molar-refractivity contribution in [3.63, 3.8) is 0 Å². The highest BCUT2D eigenvalue weighted by Crippen LogP contribution is 2.25. The molecule has 2 aromatic carbocycles. The first-order valence-electron chi connectivity index (χ1n) is 6.49. The number of ketones is 1. The van der Waals surface area contributed by atoms with E-state index >= 15 is 0 Å². The quantitative estimate of drug-likeness (QED) is 0.744. The number of hydrogen-bond donors (Lipinski definition) is 1. The lowest BCUT2D eigenvalue weighted by atomic mass is 10.1. The Balaban J connectivity index is 1.91. The molecular formula is C16H12Cl3NO2. The summed E-state index contributed by atoms with van der Waals surface area (Å²) in [5, 5.41) is 4.06. The normalized spacial score (nSPS) is 10.3. The van der Waals surface area contributed by atoms with Crippen molar-refractivity contribution < 1.29 is 9.59 Å². The first kappa shape index (κ1) is 16.8. The maximum Gasteiger partial charge on any atom is 0.224 e. The third kappa shape index (κ3) is 4.73. The molecule has 114 valence electrons. The number of carbonyl (C=O) groups excluding carboxylic acids is 2. The van der Waals surface area contributed by atoms with Crippen molar-refractivity contribution in [1.29, 1.82) is 0 Å². The van der Waals surface area contributed by atoms with E-state index in [2.05, 4.69) is 5.32 Å². The fourth-order valence-electron chi connectivity index (χ4n) is 1.81. The highest BCUT2D eigenvalue weighted by atomic mass is 35.5. The minimum atomic E-state index is -0.300. The smallest absolute Gasteiger partial charge is 0.224 e. The van der Waals surface area contributed by atoms with E-state index in [9.17, 15) is 9.59 Å². The molecule has 2 aromatic rings. The van der Waals surface area contributed by atoms with Crippen LogP contribution in [-0.4, -0.2) is 11.7 Å². The Labute approximate surface area is 143 Å². The second-order valence-corrected chi connectivity index (χ2v) is 5.88. The van der Waals surface area contributed by atoms with Crippen LogP contribution in [0, 0.1) is 0 Å². The zero-order chi connectivity index (χ0) is 16.1. The van der Waals surface area contributed by atoms with Gasteiger partial charge < -0.3 is 5.32 Å². The standard InChI is InChI=1S/C16H12Cl3NO2/c17-11-3-1-10(2-4-11)15(21)7-8-16(22)20-14-9-12(18)5-6-13(14)19/h1-6,9H,7-8H2,(H,20,22). The molecule has 0 saturated heterocycles. The summed E-state index contributed by atoms with van der Waals surface area (Å²) in [6, 6.07) is 11.3. The van der Waals surface area contributed by atoms with Gasteiger partial charge in [0.05, 0.1) is 10.7 Å². The Morgan fingerprint density at radius 2 is 1.50 bits per heavy atom. The maximum absolute atomic E-state index is 12.0. The van der Waals surface area contributed by atoms with Gasteiger partial charge in [0.1, 0.15) is 0 Å². The Kier molecular flexibility index (Phi) is 5.83. The van der Waals surface area contributed by atoms with Crippen LogP contribution < -0.4 is 5.32 Å². The Morgan fingerprint density at radius 1 is 0.864 bits per heavy atom. The molecule has 0 saturated carbocycles. The predicted molar refractivity (Wildman–Crippen MR) is 90.1 cm³/mol. The number of nitrogens with one attached hydrogen (secondary N) is 1. The number of hydrogen-bond acceptors (Lipinski definition) is 2. The topological polar surface area (TPSA) is 46.2 Å². The van der Waals surface area contributed by atoms with E-state index in [1.54, 1.807) is 42.5 Å². The summed E-state index contributed by atoms with van der Waals surface area (Å²) in [5.74, 6) is -0.421. The SMILES string of the molecule is O=C(CCC(=O)c1ccc(Cl)cc1)Nc1cc(Cl)ccc1Cl. The fourth-order valence-corrected chi connectivity index (χ4v) is 2.28. The predicted octanol–water partition coefficient (Wildman–Crippen LogP) is 5.25. The first-order valence-corrected chi connectivity index (χ1v) is 7.63. The van der Waals surface area contributed by atoms with Gasteiger partial charge in [0.15, 0.2) is 5.78 Å². The van der Waals surface area contributed by atoms with Crippen molar-refractivity contribution in [2.75, 3.05) is 5.32 Å². The van der Waals surface area contributed by atoms with Crippen LogP contribution in [-0.2, 0) is 4.79 Å².